The molecule has 1 aliphatic rings. The summed E-state index contributed by atoms with van der Waals surface area (Å²) in [6, 6.07) is 60.3. The van der Waals surface area contributed by atoms with Gasteiger partial charge in [-0.25, -0.2) is 0 Å². The fraction of sp³-hybridized carbons (Fsp3) is 0.245. The van der Waals surface area contributed by atoms with E-state index >= 15 is 0 Å². The van der Waals surface area contributed by atoms with E-state index in [4.69, 9.17) is 0 Å². The first-order valence-electron chi connectivity index (χ1n) is 21.4. The lowest BCUT2D eigenvalue weighted by Gasteiger charge is -2.51. The Hall–Kier alpha value is -4.73. The smallest absolute Gasteiger partial charge is 0.0775 e. The molecule has 300 valence electrons. The summed E-state index contributed by atoms with van der Waals surface area (Å²) in [5.74, 6) is 0. The Morgan fingerprint density at radius 1 is 0.356 bits per heavy atom. The molecule has 1 aliphatic carbocycles. The second-order valence-electron chi connectivity index (χ2n) is 20.8. The van der Waals surface area contributed by atoms with Crippen molar-refractivity contribution in [1.29, 1.82) is 0 Å². The topological polar surface area (TPSA) is 6.48 Å². The average molecular weight is 839 g/mol. The highest BCUT2D eigenvalue weighted by molar-refractivity contribution is 7.00. The van der Waals surface area contributed by atoms with Crippen molar-refractivity contribution in [2.45, 2.75) is 83.2 Å². The van der Waals surface area contributed by atoms with Gasteiger partial charge in [-0.1, -0.05) is 180 Å². The van der Waals surface area contributed by atoms with Gasteiger partial charge in [0.15, 0.2) is 0 Å². The number of rotatable bonds is 10. The predicted octanol–water partition coefficient (Wildman–Crippen LogP) is 14.9. The molecule has 0 heterocycles. The lowest BCUT2D eigenvalue weighted by molar-refractivity contribution is 0.952. The maximum Gasteiger partial charge on any atom is 0.0775 e. The van der Waals surface area contributed by atoms with Gasteiger partial charge in [0.05, 0.1) is 38.0 Å². The molecule has 59 heavy (non-hydrogen) atoms. The SMILES string of the molecule is C[Si](C)(C)c1ccc(N(c2ccccc2)c2ccc3c(c2)C([Si](C)(C)C)([Si](C)(C)C)c2cc(N(c4ccccc4)c4ccc([Si](C)(C)C)cc4)c4ccccc4c2-3)cc1. The summed E-state index contributed by atoms with van der Waals surface area (Å²) in [5.41, 5.74) is 13.1. The van der Waals surface area contributed by atoms with Crippen molar-refractivity contribution < 1.29 is 0 Å². The van der Waals surface area contributed by atoms with Crippen LogP contribution in [0.5, 0.6) is 0 Å². The van der Waals surface area contributed by atoms with E-state index in [-0.39, 0.29) is 4.66 Å². The normalized spacial score (nSPS) is 13.9. The number of fused-ring (bicyclic) bond motifs is 5. The zero-order chi connectivity index (χ0) is 42.1. The minimum Gasteiger partial charge on any atom is -0.310 e. The molecule has 0 amide bonds. The second-order valence-corrected chi connectivity index (χ2v) is 41.9. The molecule has 0 N–H and O–H groups in total. The van der Waals surface area contributed by atoms with Crippen molar-refractivity contribution >= 4 is 87.6 Å². The van der Waals surface area contributed by atoms with Crippen LogP contribution in [0, 0.1) is 0 Å². The zero-order valence-electron chi connectivity index (χ0n) is 37.4. The van der Waals surface area contributed by atoms with Gasteiger partial charge in [-0.15, -0.1) is 0 Å². The minimum absolute atomic E-state index is 0.0758. The number of para-hydroxylation sites is 2. The fourth-order valence-electron chi connectivity index (χ4n) is 10.5. The van der Waals surface area contributed by atoms with E-state index in [2.05, 4.69) is 246 Å². The van der Waals surface area contributed by atoms with Gasteiger partial charge in [0, 0.05) is 38.5 Å². The third kappa shape index (κ3) is 7.02. The molecule has 0 aliphatic heterocycles. The van der Waals surface area contributed by atoms with Crippen LogP contribution in [0.15, 0.2) is 158 Å². The number of hydrogen-bond donors (Lipinski definition) is 0. The molecule has 7 aromatic carbocycles. The summed E-state index contributed by atoms with van der Waals surface area (Å²) in [5, 5.41) is 5.59. The summed E-state index contributed by atoms with van der Waals surface area (Å²) in [6.07, 6.45) is 0. The van der Waals surface area contributed by atoms with E-state index in [1.807, 2.05) is 0 Å². The highest BCUT2D eigenvalue weighted by atomic mass is 28.4. The first kappa shape index (κ1) is 41.0. The average Bonchev–Trinajstić information content (AvgIpc) is 3.50. The van der Waals surface area contributed by atoms with Crippen molar-refractivity contribution in [1.82, 2.24) is 0 Å². The molecule has 2 nitrogen and oxygen atoms in total. The molecule has 0 atom stereocenters. The van der Waals surface area contributed by atoms with Crippen LogP contribution in [0.3, 0.4) is 0 Å². The Morgan fingerprint density at radius 2 is 0.763 bits per heavy atom. The molecular formula is C53H62N2Si4. The highest BCUT2D eigenvalue weighted by Crippen LogP contribution is 2.61. The first-order valence-corrected chi connectivity index (χ1v) is 35.4. The summed E-state index contributed by atoms with van der Waals surface area (Å²) in [7, 11) is -7.05. The maximum absolute atomic E-state index is 2.65. The quantitative estimate of drug-likeness (QED) is 0.127. The van der Waals surface area contributed by atoms with Gasteiger partial charge in [0.1, 0.15) is 0 Å². The van der Waals surface area contributed by atoms with Crippen LogP contribution in [-0.4, -0.2) is 32.3 Å². The van der Waals surface area contributed by atoms with Crippen molar-refractivity contribution in [3.63, 3.8) is 0 Å². The monoisotopic (exact) mass is 838 g/mol. The van der Waals surface area contributed by atoms with Crippen molar-refractivity contribution in [3.05, 3.63) is 169 Å². The van der Waals surface area contributed by atoms with Gasteiger partial charge in [-0.2, -0.15) is 0 Å². The van der Waals surface area contributed by atoms with E-state index in [0.29, 0.717) is 0 Å². The molecule has 0 radical (unpaired) electrons. The van der Waals surface area contributed by atoms with E-state index in [1.54, 1.807) is 0 Å². The van der Waals surface area contributed by atoms with Crippen LogP contribution in [-0.2, 0) is 4.66 Å². The molecule has 0 saturated carbocycles. The van der Waals surface area contributed by atoms with Crippen LogP contribution < -0.4 is 20.2 Å². The van der Waals surface area contributed by atoms with Crippen LogP contribution in [0.1, 0.15) is 11.1 Å². The number of benzene rings is 7. The molecule has 6 heteroatoms. The molecule has 0 aromatic heterocycles. The Labute approximate surface area is 358 Å². The molecule has 0 spiro atoms. The van der Waals surface area contributed by atoms with Gasteiger partial charge >= 0.3 is 0 Å². The van der Waals surface area contributed by atoms with E-state index in [9.17, 15) is 0 Å². The summed E-state index contributed by atoms with van der Waals surface area (Å²) < 4.78 is -0.0758. The lowest BCUT2D eigenvalue weighted by Crippen LogP contribution is -2.63. The van der Waals surface area contributed by atoms with Gasteiger partial charge in [-0.05, 0) is 94.4 Å². The summed E-state index contributed by atoms with van der Waals surface area (Å²) in [6.45, 7) is 30.4. The molecule has 0 fully saturated rings. The van der Waals surface area contributed by atoms with Crippen LogP contribution in [0.2, 0.25) is 78.6 Å². The molecule has 7 aromatic rings. The van der Waals surface area contributed by atoms with E-state index < -0.39 is 32.3 Å². The van der Waals surface area contributed by atoms with Crippen molar-refractivity contribution in [2.75, 3.05) is 9.80 Å². The Bertz CT molecular complexity index is 2610. The molecule has 0 unspecified atom stereocenters. The minimum atomic E-state index is -2.06. The summed E-state index contributed by atoms with van der Waals surface area (Å²) >= 11 is 0. The van der Waals surface area contributed by atoms with Gasteiger partial charge < -0.3 is 9.80 Å². The second kappa shape index (κ2) is 14.8. The molecule has 8 rings (SSSR count). The molecule has 0 bridgehead atoms. The number of hydrogen-bond acceptors (Lipinski definition) is 2. The van der Waals surface area contributed by atoms with Gasteiger partial charge in [0.25, 0.3) is 0 Å². The predicted molar refractivity (Wildman–Crippen MR) is 272 cm³/mol. The Balaban J connectivity index is 1.42. The zero-order valence-corrected chi connectivity index (χ0v) is 41.4. The Morgan fingerprint density at radius 3 is 1.24 bits per heavy atom. The fourth-order valence-corrected chi connectivity index (χ4v) is 25.8. The number of nitrogens with zero attached hydrogens (tertiary/aromatic N) is 2. The largest absolute Gasteiger partial charge is 0.310 e. The van der Waals surface area contributed by atoms with Crippen molar-refractivity contribution in [2.24, 2.45) is 0 Å². The van der Waals surface area contributed by atoms with E-state index in [0.717, 1.165) is 0 Å². The van der Waals surface area contributed by atoms with Crippen LogP contribution >= 0.6 is 0 Å². The third-order valence-corrected chi connectivity index (χ3v) is 27.1. The van der Waals surface area contributed by atoms with Crippen molar-refractivity contribution in [3.8, 4) is 11.1 Å². The van der Waals surface area contributed by atoms with Crippen LogP contribution in [0.4, 0.5) is 34.1 Å². The van der Waals surface area contributed by atoms with Crippen LogP contribution in [0.25, 0.3) is 21.9 Å². The Kier molecular flexibility index (Phi) is 10.3. The van der Waals surface area contributed by atoms with E-state index in [1.165, 1.54) is 77.5 Å². The van der Waals surface area contributed by atoms with Gasteiger partial charge in [-0.3, -0.25) is 0 Å². The molecular weight excluding hydrogens is 777 g/mol. The summed E-state index contributed by atoms with van der Waals surface area (Å²) in [4.78, 5) is 5.02. The first-order chi connectivity index (χ1) is 27.8. The maximum atomic E-state index is 2.65. The number of anilines is 6. The molecule has 0 saturated heterocycles. The lowest BCUT2D eigenvalue weighted by atomic mass is 9.95. The van der Waals surface area contributed by atoms with Gasteiger partial charge in [0.2, 0.25) is 0 Å². The third-order valence-electron chi connectivity index (χ3n) is 12.9. The standard InChI is InChI=1S/C53H62N2Si4/c1-56(2,3)44-32-27-41(28-33-44)54(39-21-15-13-16-22-39)43-31-36-48-49(37-43)53(58(7,8)9,59(10,11)12)50-38-51(46-25-19-20-26-47(46)52(48)50)55(40-23-17-14-18-24-40)42-29-34-45(35-30-42)57(4,5)6/h13-38H,1-12H3. The highest BCUT2D eigenvalue weighted by Gasteiger charge is 2.59.